The van der Waals surface area contributed by atoms with Crippen LogP contribution in [-0.2, 0) is 0 Å². The molecule has 1 fully saturated rings. The van der Waals surface area contributed by atoms with Crippen LogP contribution in [0, 0.1) is 13.8 Å². The van der Waals surface area contributed by atoms with Crippen molar-refractivity contribution in [2.75, 3.05) is 0 Å². The largest absolute Gasteiger partial charge is 0.279 e. The second-order valence-corrected chi connectivity index (χ2v) is 5.44. The number of aromatic nitrogens is 4. The Bertz CT molecular complexity index is 653. The average molecular weight is 287 g/mol. The lowest BCUT2D eigenvalue weighted by atomic mass is 10.1. The van der Waals surface area contributed by atoms with Gasteiger partial charge in [-0.2, -0.15) is 0 Å². The van der Waals surface area contributed by atoms with E-state index in [1.54, 1.807) is 4.40 Å². The lowest BCUT2D eigenvalue weighted by molar-refractivity contribution is 0.00751. The van der Waals surface area contributed by atoms with Gasteiger partial charge in [0.2, 0.25) is 5.92 Å². The van der Waals surface area contributed by atoms with Crippen molar-refractivity contribution in [2.45, 2.75) is 45.0 Å². The third kappa shape index (κ3) is 1.98. The van der Waals surface area contributed by atoms with Gasteiger partial charge in [-0.05, 0) is 20.3 Å². The van der Waals surface area contributed by atoms with Gasteiger partial charge < -0.3 is 0 Å². The first kappa shape index (κ1) is 12.7. The Balaban J connectivity index is 2.16. The summed E-state index contributed by atoms with van der Waals surface area (Å²) in [5.41, 5.74) is 2.04. The van der Waals surface area contributed by atoms with Crippen LogP contribution in [0.15, 0.2) is 0 Å². The van der Waals surface area contributed by atoms with Gasteiger partial charge in [0.05, 0.1) is 5.69 Å². The summed E-state index contributed by atoms with van der Waals surface area (Å²) in [5.74, 6) is -2.31. The minimum absolute atomic E-state index is 0.0938. The van der Waals surface area contributed by atoms with Crippen molar-refractivity contribution in [3.63, 3.8) is 0 Å². The van der Waals surface area contributed by atoms with E-state index >= 15 is 0 Å². The predicted octanol–water partition coefficient (Wildman–Crippen LogP) is 3.30. The van der Waals surface area contributed by atoms with E-state index in [4.69, 9.17) is 11.6 Å². The summed E-state index contributed by atoms with van der Waals surface area (Å²) in [5, 5.41) is 8.30. The number of rotatable bonds is 1. The van der Waals surface area contributed by atoms with Crippen molar-refractivity contribution in [3.05, 3.63) is 22.4 Å². The standard InChI is InChI=1S/C12H13ClF2N4/c1-6-7(2)19-10(8-3-4-12(14,15)5-8)17-18-11(19)9(13)16-6/h8H,3-5H2,1-2H3. The molecule has 0 N–H and O–H groups in total. The zero-order valence-corrected chi connectivity index (χ0v) is 11.4. The van der Waals surface area contributed by atoms with Crippen LogP contribution in [0.1, 0.15) is 42.4 Å². The Morgan fingerprint density at radius 1 is 1.32 bits per heavy atom. The Kier molecular flexibility index (Phi) is 2.74. The van der Waals surface area contributed by atoms with E-state index in [0.717, 1.165) is 11.4 Å². The second kappa shape index (κ2) is 4.10. The van der Waals surface area contributed by atoms with Crippen molar-refractivity contribution < 1.29 is 8.78 Å². The molecule has 7 heteroatoms. The predicted molar refractivity (Wildman–Crippen MR) is 66.8 cm³/mol. The number of hydrogen-bond acceptors (Lipinski definition) is 3. The number of hydrogen-bond donors (Lipinski definition) is 0. The quantitative estimate of drug-likeness (QED) is 0.808. The second-order valence-electron chi connectivity index (χ2n) is 5.09. The van der Waals surface area contributed by atoms with Gasteiger partial charge >= 0.3 is 0 Å². The molecule has 1 saturated carbocycles. The maximum absolute atomic E-state index is 13.3. The SMILES string of the molecule is Cc1nc(Cl)c2nnc(C3CCC(F)(F)C3)n2c1C. The third-order valence-corrected chi connectivity index (χ3v) is 4.02. The lowest BCUT2D eigenvalue weighted by Crippen LogP contribution is -2.11. The highest BCUT2D eigenvalue weighted by atomic mass is 35.5. The van der Waals surface area contributed by atoms with Crippen molar-refractivity contribution in [3.8, 4) is 0 Å². The first-order valence-electron chi connectivity index (χ1n) is 6.14. The lowest BCUT2D eigenvalue weighted by Gasteiger charge is -2.11. The Hall–Kier alpha value is -1.30. The molecule has 0 amide bonds. The fourth-order valence-corrected chi connectivity index (χ4v) is 2.88. The molecule has 3 rings (SSSR count). The molecule has 0 radical (unpaired) electrons. The maximum atomic E-state index is 13.3. The molecule has 1 aliphatic carbocycles. The van der Waals surface area contributed by atoms with Crippen molar-refractivity contribution in [1.82, 2.24) is 19.6 Å². The molecule has 0 saturated heterocycles. The molecular weight excluding hydrogens is 274 g/mol. The van der Waals surface area contributed by atoms with Gasteiger partial charge in [-0.1, -0.05) is 11.6 Å². The fourth-order valence-electron chi connectivity index (χ4n) is 2.64. The molecule has 4 nitrogen and oxygen atoms in total. The zero-order valence-electron chi connectivity index (χ0n) is 10.6. The molecule has 102 valence electrons. The highest BCUT2D eigenvalue weighted by Gasteiger charge is 2.42. The van der Waals surface area contributed by atoms with Gasteiger partial charge in [-0.25, -0.2) is 13.8 Å². The van der Waals surface area contributed by atoms with Crippen LogP contribution in [-0.4, -0.2) is 25.5 Å². The molecule has 1 atom stereocenters. The third-order valence-electron chi connectivity index (χ3n) is 3.77. The van der Waals surface area contributed by atoms with Gasteiger partial charge in [0, 0.05) is 24.5 Å². The smallest absolute Gasteiger partial charge is 0.248 e. The first-order chi connectivity index (χ1) is 8.89. The van der Waals surface area contributed by atoms with Gasteiger partial charge in [0.25, 0.3) is 0 Å². The topological polar surface area (TPSA) is 43.1 Å². The van der Waals surface area contributed by atoms with Gasteiger partial charge in [0.15, 0.2) is 10.8 Å². The van der Waals surface area contributed by atoms with E-state index < -0.39 is 5.92 Å². The van der Waals surface area contributed by atoms with Crippen LogP contribution in [0.2, 0.25) is 5.15 Å². The van der Waals surface area contributed by atoms with E-state index in [9.17, 15) is 8.78 Å². The number of fused-ring (bicyclic) bond motifs is 1. The zero-order chi connectivity index (χ0) is 13.8. The van der Waals surface area contributed by atoms with Crippen LogP contribution in [0.3, 0.4) is 0 Å². The molecule has 1 aliphatic rings. The summed E-state index contributed by atoms with van der Waals surface area (Å²) in [6, 6.07) is 0. The van der Waals surface area contributed by atoms with Gasteiger partial charge in [-0.15, -0.1) is 10.2 Å². The summed E-state index contributed by atoms with van der Waals surface area (Å²) < 4.78 is 28.5. The molecule has 2 heterocycles. The molecule has 0 bridgehead atoms. The Morgan fingerprint density at radius 3 is 2.68 bits per heavy atom. The van der Waals surface area contributed by atoms with Crippen LogP contribution < -0.4 is 0 Å². The van der Waals surface area contributed by atoms with E-state index in [2.05, 4.69) is 15.2 Å². The van der Waals surface area contributed by atoms with Crippen LogP contribution in [0.25, 0.3) is 5.65 Å². The Labute approximate surface area is 113 Å². The number of alkyl halides is 2. The minimum atomic E-state index is -2.60. The first-order valence-corrected chi connectivity index (χ1v) is 6.52. The molecule has 0 aliphatic heterocycles. The normalized spacial score (nSPS) is 22.3. The maximum Gasteiger partial charge on any atom is 0.248 e. The van der Waals surface area contributed by atoms with E-state index in [1.165, 1.54) is 0 Å². The van der Waals surface area contributed by atoms with Crippen molar-refractivity contribution in [2.24, 2.45) is 0 Å². The van der Waals surface area contributed by atoms with E-state index in [0.29, 0.717) is 17.9 Å². The molecule has 1 unspecified atom stereocenters. The molecule has 2 aromatic heterocycles. The fraction of sp³-hybridized carbons (Fsp3) is 0.583. The molecule has 19 heavy (non-hydrogen) atoms. The molecule has 0 aromatic carbocycles. The summed E-state index contributed by atoms with van der Waals surface area (Å²) >= 11 is 6.03. The van der Waals surface area contributed by atoms with Crippen LogP contribution >= 0.6 is 11.6 Å². The Morgan fingerprint density at radius 2 is 2.05 bits per heavy atom. The van der Waals surface area contributed by atoms with Crippen LogP contribution in [0.5, 0.6) is 0 Å². The molecule has 2 aromatic rings. The van der Waals surface area contributed by atoms with Crippen LogP contribution in [0.4, 0.5) is 8.78 Å². The summed E-state index contributed by atoms with van der Waals surface area (Å²) in [6.45, 7) is 3.69. The van der Waals surface area contributed by atoms with Gasteiger partial charge in [-0.3, -0.25) is 4.40 Å². The molecule has 0 spiro atoms. The monoisotopic (exact) mass is 286 g/mol. The highest BCUT2D eigenvalue weighted by molar-refractivity contribution is 6.32. The van der Waals surface area contributed by atoms with Crippen molar-refractivity contribution in [1.29, 1.82) is 0 Å². The minimum Gasteiger partial charge on any atom is -0.279 e. The van der Waals surface area contributed by atoms with Crippen molar-refractivity contribution >= 4 is 17.2 Å². The summed E-state index contributed by atoms with van der Waals surface area (Å²) in [7, 11) is 0. The summed E-state index contributed by atoms with van der Waals surface area (Å²) in [6.07, 6.45) is 0.155. The number of nitrogens with zero attached hydrogens (tertiary/aromatic N) is 4. The molecular formula is C12H13ClF2N4. The highest BCUT2D eigenvalue weighted by Crippen LogP contribution is 2.43. The number of halogens is 3. The van der Waals surface area contributed by atoms with E-state index in [1.807, 2.05) is 13.8 Å². The summed E-state index contributed by atoms with van der Waals surface area (Å²) in [4.78, 5) is 4.16. The van der Waals surface area contributed by atoms with Gasteiger partial charge in [0.1, 0.15) is 5.82 Å². The number of aryl methyl sites for hydroxylation is 2. The average Bonchev–Trinajstić information content (AvgIpc) is 2.89. The van der Waals surface area contributed by atoms with E-state index in [-0.39, 0.29) is 23.9 Å².